The van der Waals surface area contributed by atoms with E-state index in [4.69, 9.17) is 16.6 Å². The quantitative estimate of drug-likeness (QED) is 0.544. The zero-order chi connectivity index (χ0) is 19.7. The van der Waals surface area contributed by atoms with Gasteiger partial charge in [-0.3, -0.25) is 4.79 Å². The second-order valence-corrected chi connectivity index (χ2v) is 9.50. The minimum Gasteiger partial charge on any atom is -0.345 e. The molecule has 3 aromatic rings. The van der Waals surface area contributed by atoms with Gasteiger partial charge in [0.15, 0.2) is 5.13 Å². The van der Waals surface area contributed by atoms with E-state index in [2.05, 4.69) is 30.9 Å². The Labute approximate surface area is 178 Å². The van der Waals surface area contributed by atoms with Crippen LogP contribution in [-0.2, 0) is 4.79 Å². The van der Waals surface area contributed by atoms with E-state index >= 15 is 0 Å². The van der Waals surface area contributed by atoms with Gasteiger partial charge in [0.25, 0.3) is 0 Å². The molecular formula is C21H22ClN3OS2. The Balaban J connectivity index is 1.34. The molecule has 2 aromatic carbocycles. The third kappa shape index (κ3) is 4.29. The summed E-state index contributed by atoms with van der Waals surface area (Å²) in [6.45, 7) is 7.40. The van der Waals surface area contributed by atoms with Gasteiger partial charge < -0.3 is 9.80 Å². The molecule has 146 valence electrons. The lowest BCUT2D eigenvalue weighted by molar-refractivity contribution is -0.128. The van der Waals surface area contributed by atoms with Gasteiger partial charge in [0, 0.05) is 36.1 Å². The summed E-state index contributed by atoms with van der Waals surface area (Å²) in [6.07, 6.45) is 0. The summed E-state index contributed by atoms with van der Waals surface area (Å²) in [5.74, 6) is 0.650. The van der Waals surface area contributed by atoms with Crippen molar-refractivity contribution in [2.45, 2.75) is 18.7 Å². The normalized spacial score (nSPS) is 14.7. The lowest BCUT2D eigenvalue weighted by Crippen LogP contribution is -2.49. The summed E-state index contributed by atoms with van der Waals surface area (Å²) in [5.41, 5.74) is 3.61. The summed E-state index contributed by atoms with van der Waals surface area (Å²) >= 11 is 9.22. The first kappa shape index (κ1) is 19.6. The van der Waals surface area contributed by atoms with Crippen LogP contribution in [0.4, 0.5) is 5.13 Å². The molecule has 1 saturated heterocycles. The van der Waals surface area contributed by atoms with Gasteiger partial charge >= 0.3 is 0 Å². The smallest absolute Gasteiger partial charge is 0.233 e. The molecule has 0 saturated carbocycles. The number of rotatable bonds is 4. The fourth-order valence-corrected chi connectivity index (χ4v) is 5.41. The second kappa shape index (κ2) is 8.31. The molecule has 1 fully saturated rings. The second-order valence-electron chi connectivity index (χ2n) is 7.04. The van der Waals surface area contributed by atoms with Gasteiger partial charge in [-0.25, -0.2) is 4.98 Å². The van der Waals surface area contributed by atoms with Crippen molar-refractivity contribution in [3.8, 4) is 0 Å². The molecule has 0 unspecified atom stereocenters. The topological polar surface area (TPSA) is 36.4 Å². The van der Waals surface area contributed by atoms with E-state index in [9.17, 15) is 4.79 Å². The molecule has 2 heterocycles. The predicted octanol–water partition coefficient (Wildman–Crippen LogP) is 5.01. The van der Waals surface area contributed by atoms with E-state index in [1.807, 2.05) is 29.2 Å². The maximum atomic E-state index is 12.6. The van der Waals surface area contributed by atoms with Crippen molar-refractivity contribution in [3.63, 3.8) is 0 Å². The average Bonchev–Trinajstić information content (AvgIpc) is 3.12. The van der Waals surface area contributed by atoms with Crippen molar-refractivity contribution in [2.75, 3.05) is 36.8 Å². The molecule has 1 aliphatic heterocycles. The zero-order valence-electron chi connectivity index (χ0n) is 15.9. The number of halogens is 1. The van der Waals surface area contributed by atoms with Crippen LogP contribution in [0, 0.1) is 13.8 Å². The fraction of sp³-hybridized carbons (Fsp3) is 0.333. The highest BCUT2D eigenvalue weighted by molar-refractivity contribution is 8.00. The molecular weight excluding hydrogens is 410 g/mol. The number of hydrogen-bond donors (Lipinski definition) is 0. The number of nitrogens with zero attached hydrogens (tertiary/aromatic N) is 3. The molecule has 1 amide bonds. The van der Waals surface area contributed by atoms with Crippen LogP contribution in [0.5, 0.6) is 0 Å². The van der Waals surface area contributed by atoms with Crippen molar-refractivity contribution in [1.82, 2.24) is 9.88 Å². The molecule has 4 nitrogen and oxygen atoms in total. The number of amides is 1. The average molecular weight is 432 g/mol. The Morgan fingerprint density at radius 3 is 2.57 bits per heavy atom. The number of carbonyl (C=O) groups excluding carboxylic acids is 1. The van der Waals surface area contributed by atoms with Crippen LogP contribution in [0.15, 0.2) is 41.3 Å². The Kier molecular flexibility index (Phi) is 5.80. The SMILES string of the molecule is Cc1cc(C)c2sc(N3CCN(C(=O)CSc4ccc(Cl)cc4)CC3)nc2c1. The molecule has 28 heavy (non-hydrogen) atoms. The number of fused-ring (bicyclic) bond motifs is 1. The van der Waals surface area contributed by atoms with Gasteiger partial charge in [0.1, 0.15) is 0 Å². The van der Waals surface area contributed by atoms with E-state index in [-0.39, 0.29) is 5.91 Å². The zero-order valence-corrected chi connectivity index (χ0v) is 18.3. The first-order chi connectivity index (χ1) is 13.5. The number of benzene rings is 2. The van der Waals surface area contributed by atoms with Crippen molar-refractivity contribution < 1.29 is 4.79 Å². The summed E-state index contributed by atoms with van der Waals surface area (Å²) in [4.78, 5) is 22.7. The number of hydrogen-bond acceptors (Lipinski definition) is 5. The summed E-state index contributed by atoms with van der Waals surface area (Å²) < 4.78 is 1.26. The highest BCUT2D eigenvalue weighted by Gasteiger charge is 2.23. The minimum atomic E-state index is 0.190. The van der Waals surface area contributed by atoms with Crippen LogP contribution in [-0.4, -0.2) is 47.7 Å². The molecule has 0 aliphatic carbocycles. The molecule has 1 aliphatic rings. The van der Waals surface area contributed by atoms with E-state index in [1.165, 1.54) is 15.8 Å². The lowest BCUT2D eigenvalue weighted by atomic mass is 10.1. The molecule has 0 radical (unpaired) electrons. The molecule has 0 bridgehead atoms. The number of anilines is 1. The Bertz CT molecular complexity index is 995. The monoisotopic (exact) mass is 431 g/mol. The maximum absolute atomic E-state index is 12.6. The van der Waals surface area contributed by atoms with Crippen LogP contribution < -0.4 is 4.90 Å². The summed E-state index contributed by atoms with van der Waals surface area (Å²) in [5, 5.41) is 1.78. The van der Waals surface area contributed by atoms with Crippen LogP contribution in [0.1, 0.15) is 11.1 Å². The largest absolute Gasteiger partial charge is 0.345 e. The molecule has 1 aromatic heterocycles. The van der Waals surface area contributed by atoms with Crippen molar-refractivity contribution >= 4 is 56.0 Å². The molecule has 7 heteroatoms. The third-order valence-corrected chi connectivity index (χ3v) is 7.40. The Morgan fingerprint density at radius 2 is 1.86 bits per heavy atom. The first-order valence-electron chi connectivity index (χ1n) is 9.28. The molecule has 0 spiro atoms. The van der Waals surface area contributed by atoms with Crippen LogP contribution in [0.2, 0.25) is 5.02 Å². The number of aromatic nitrogens is 1. The van der Waals surface area contributed by atoms with Gasteiger partial charge in [-0.1, -0.05) is 29.0 Å². The van der Waals surface area contributed by atoms with Crippen molar-refractivity contribution in [3.05, 3.63) is 52.5 Å². The van der Waals surface area contributed by atoms with Crippen LogP contribution in [0.3, 0.4) is 0 Å². The first-order valence-corrected chi connectivity index (χ1v) is 11.5. The van der Waals surface area contributed by atoms with Crippen LogP contribution >= 0.6 is 34.7 Å². The number of thioether (sulfide) groups is 1. The Morgan fingerprint density at radius 1 is 1.14 bits per heavy atom. The van der Waals surface area contributed by atoms with Crippen molar-refractivity contribution in [1.29, 1.82) is 0 Å². The van der Waals surface area contributed by atoms with E-state index in [1.54, 1.807) is 23.1 Å². The predicted molar refractivity (Wildman–Crippen MR) is 120 cm³/mol. The maximum Gasteiger partial charge on any atom is 0.233 e. The summed E-state index contributed by atoms with van der Waals surface area (Å²) in [6, 6.07) is 12.0. The number of piperazine rings is 1. The van der Waals surface area contributed by atoms with E-state index < -0.39 is 0 Å². The minimum absolute atomic E-state index is 0.190. The fourth-order valence-electron chi connectivity index (χ4n) is 3.41. The van der Waals surface area contributed by atoms with Gasteiger partial charge in [-0.15, -0.1) is 11.8 Å². The Hall–Kier alpha value is -1.76. The van der Waals surface area contributed by atoms with Gasteiger partial charge in [-0.05, 0) is 55.3 Å². The standard InChI is InChI=1S/C21H22ClN3OS2/c1-14-11-15(2)20-18(12-14)23-21(28-20)25-9-7-24(8-10-25)19(26)13-27-17-5-3-16(22)4-6-17/h3-6,11-12H,7-10,13H2,1-2H3. The molecule has 0 N–H and O–H groups in total. The highest BCUT2D eigenvalue weighted by Crippen LogP contribution is 2.32. The van der Waals surface area contributed by atoms with Crippen molar-refractivity contribution in [2.24, 2.45) is 0 Å². The van der Waals surface area contributed by atoms with Gasteiger partial charge in [0.05, 0.1) is 16.0 Å². The van der Waals surface area contributed by atoms with Gasteiger partial charge in [-0.2, -0.15) is 0 Å². The molecule has 4 rings (SSSR count). The van der Waals surface area contributed by atoms with E-state index in [0.29, 0.717) is 10.8 Å². The number of thiazole rings is 1. The third-order valence-electron chi connectivity index (χ3n) is 4.89. The lowest BCUT2D eigenvalue weighted by Gasteiger charge is -2.34. The van der Waals surface area contributed by atoms with E-state index in [0.717, 1.165) is 41.7 Å². The van der Waals surface area contributed by atoms with Crippen LogP contribution in [0.25, 0.3) is 10.2 Å². The van der Waals surface area contributed by atoms with Gasteiger partial charge in [0.2, 0.25) is 5.91 Å². The number of carbonyl (C=O) groups is 1. The summed E-state index contributed by atoms with van der Waals surface area (Å²) in [7, 11) is 0. The molecule has 0 atom stereocenters. The highest BCUT2D eigenvalue weighted by atomic mass is 35.5. The number of aryl methyl sites for hydroxylation is 2.